The number of fused-ring (bicyclic) bond motifs is 1. The van der Waals surface area contributed by atoms with Crippen molar-refractivity contribution in [3.63, 3.8) is 0 Å². The number of ether oxygens (including phenoxy) is 1. The van der Waals surface area contributed by atoms with Gasteiger partial charge in [0.15, 0.2) is 11.2 Å². The predicted octanol–water partition coefficient (Wildman–Crippen LogP) is -1.26. The van der Waals surface area contributed by atoms with Crippen LogP contribution in [0.5, 0.6) is 0 Å². The van der Waals surface area contributed by atoms with Crippen LogP contribution in [-0.4, -0.2) is 33.2 Å². The summed E-state index contributed by atoms with van der Waals surface area (Å²) >= 11 is 0. The molecule has 0 radical (unpaired) electrons. The van der Waals surface area contributed by atoms with Gasteiger partial charge in [-0.2, -0.15) is 4.98 Å². The maximum atomic E-state index is 11.7. The quantitative estimate of drug-likeness (QED) is 0.299. The molecule has 0 aliphatic carbocycles. The Balaban J connectivity index is 2.53. The van der Waals surface area contributed by atoms with Crippen LogP contribution in [0.25, 0.3) is 11.2 Å². The third-order valence-electron chi connectivity index (χ3n) is 2.50. The molecule has 0 aliphatic heterocycles. The van der Waals surface area contributed by atoms with Crippen LogP contribution in [-0.2, 0) is 11.3 Å². The van der Waals surface area contributed by atoms with Crippen LogP contribution >= 0.6 is 0 Å². The van der Waals surface area contributed by atoms with E-state index in [0.29, 0.717) is 19.6 Å². The number of hydrogen-bond acceptors (Lipinski definition) is 6. The van der Waals surface area contributed by atoms with Gasteiger partial charge in [-0.25, -0.2) is 10.6 Å². The van der Waals surface area contributed by atoms with E-state index in [9.17, 15) is 9.59 Å². The fourth-order valence-electron chi connectivity index (χ4n) is 1.68. The highest BCUT2D eigenvalue weighted by atomic mass is 16.5. The normalized spacial score (nSPS) is 11.0. The van der Waals surface area contributed by atoms with Crippen molar-refractivity contribution >= 4 is 17.1 Å². The number of nitrogen functional groups attached to an aromatic ring is 1. The zero-order valence-corrected chi connectivity index (χ0v) is 9.82. The van der Waals surface area contributed by atoms with Gasteiger partial charge in [0.25, 0.3) is 5.56 Å². The largest absolute Gasteiger partial charge is 0.385 e. The lowest BCUT2D eigenvalue weighted by molar-refractivity contribution is 0.190. The van der Waals surface area contributed by atoms with Gasteiger partial charge in [0.2, 0.25) is 5.95 Å². The molecule has 2 aromatic rings. The highest BCUT2D eigenvalue weighted by Crippen LogP contribution is 2.07. The van der Waals surface area contributed by atoms with E-state index in [2.05, 4.69) is 20.4 Å². The predicted molar refractivity (Wildman–Crippen MR) is 65.3 cm³/mol. The Labute approximate surface area is 101 Å². The maximum absolute atomic E-state index is 11.7. The maximum Gasteiger partial charge on any atom is 0.330 e. The minimum Gasteiger partial charge on any atom is -0.385 e. The summed E-state index contributed by atoms with van der Waals surface area (Å²) in [5.41, 5.74) is 1.75. The van der Waals surface area contributed by atoms with E-state index in [1.54, 1.807) is 7.11 Å². The summed E-state index contributed by atoms with van der Waals surface area (Å²) < 4.78 is 6.29. The molecule has 18 heavy (non-hydrogen) atoms. The molecule has 0 saturated carbocycles. The second kappa shape index (κ2) is 5.02. The van der Waals surface area contributed by atoms with Crippen molar-refractivity contribution in [3.8, 4) is 0 Å². The molecule has 0 atom stereocenters. The van der Waals surface area contributed by atoms with Crippen LogP contribution in [0.15, 0.2) is 9.59 Å². The first kappa shape index (κ1) is 12.3. The monoisotopic (exact) mass is 254 g/mol. The number of nitrogens with two attached hydrogens (primary N) is 1. The third kappa shape index (κ3) is 2.13. The number of aryl methyl sites for hydroxylation is 1. The Morgan fingerprint density at radius 2 is 2.22 bits per heavy atom. The molecule has 0 saturated heterocycles. The van der Waals surface area contributed by atoms with Crippen molar-refractivity contribution in [1.82, 2.24) is 19.5 Å². The summed E-state index contributed by atoms with van der Waals surface area (Å²) in [6, 6.07) is 0. The van der Waals surface area contributed by atoms with Crippen molar-refractivity contribution in [2.45, 2.75) is 13.0 Å². The summed E-state index contributed by atoms with van der Waals surface area (Å²) in [5, 5.41) is 0. The van der Waals surface area contributed by atoms with Gasteiger partial charge in [-0.05, 0) is 6.42 Å². The molecule has 9 heteroatoms. The van der Waals surface area contributed by atoms with Gasteiger partial charge in [-0.3, -0.25) is 19.8 Å². The number of imidazole rings is 1. The lowest BCUT2D eigenvalue weighted by atomic mass is 10.4. The summed E-state index contributed by atoms with van der Waals surface area (Å²) in [5.74, 6) is 5.43. The van der Waals surface area contributed by atoms with Crippen LogP contribution in [0.1, 0.15) is 6.42 Å². The number of H-pyrrole nitrogens is 2. The number of nitrogens with zero attached hydrogens (tertiary/aromatic N) is 2. The molecule has 2 aromatic heterocycles. The van der Waals surface area contributed by atoms with Gasteiger partial charge in [-0.1, -0.05) is 0 Å². The van der Waals surface area contributed by atoms with Gasteiger partial charge >= 0.3 is 5.69 Å². The molecule has 0 aromatic carbocycles. The first-order chi connectivity index (χ1) is 8.67. The molecule has 0 bridgehead atoms. The van der Waals surface area contributed by atoms with E-state index in [1.807, 2.05) is 0 Å². The minimum absolute atomic E-state index is 0.208. The molecule has 5 N–H and O–H groups in total. The lowest BCUT2D eigenvalue weighted by Gasteiger charge is -2.04. The van der Waals surface area contributed by atoms with E-state index < -0.39 is 11.2 Å². The van der Waals surface area contributed by atoms with Crippen LogP contribution < -0.4 is 22.5 Å². The van der Waals surface area contributed by atoms with Crippen molar-refractivity contribution < 1.29 is 4.74 Å². The first-order valence-corrected chi connectivity index (χ1v) is 5.35. The molecule has 0 spiro atoms. The zero-order chi connectivity index (χ0) is 13.1. The standard InChI is InChI=1S/C9H14N6O3/c1-18-4-2-3-15-6-5(7(16)13-9(15)17)11-8(12-6)14-10/h2-4,10H2,1H3,(H2,11,12,14)(H,13,16,17). The SMILES string of the molecule is COCCCn1c(=O)[nH]c(=O)c2[nH]c(NN)nc21. The molecule has 2 rings (SSSR count). The molecule has 0 aliphatic rings. The zero-order valence-electron chi connectivity index (χ0n) is 9.82. The Bertz CT molecular complexity index is 654. The van der Waals surface area contributed by atoms with Gasteiger partial charge in [0, 0.05) is 20.3 Å². The molecule has 9 nitrogen and oxygen atoms in total. The van der Waals surface area contributed by atoms with E-state index in [1.165, 1.54) is 4.57 Å². The van der Waals surface area contributed by atoms with E-state index in [-0.39, 0.29) is 17.1 Å². The number of aromatic nitrogens is 4. The molecule has 0 fully saturated rings. The average Bonchev–Trinajstić information content (AvgIpc) is 2.78. The second-order valence-corrected chi connectivity index (χ2v) is 3.69. The third-order valence-corrected chi connectivity index (χ3v) is 2.50. The Morgan fingerprint density at radius 3 is 2.89 bits per heavy atom. The van der Waals surface area contributed by atoms with Gasteiger partial charge in [-0.15, -0.1) is 0 Å². The lowest BCUT2D eigenvalue weighted by Crippen LogP contribution is -2.30. The van der Waals surface area contributed by atoms with Crippen LogP contribution in [0.3, 0.4) is 0 Å². The summed E-state index contributed by atoms with van der Waals surface area (Å²) in [6.07, 6.45) is 0.635. The number of nitrogens with one attached hydrogen (secondary N) is 3. The van der Waals surface area contributed by atoms with Crippen molar-refractivity contribution in [3.05, 3.63) is 20.8 Å². The average molecular weight is 254 g/mol. The molecular weight excluding hydrogens is 240 g/mol. The van der Waals surface area contributed by atoms with Gasteiger partial charge in [0.1, 0.15) is 0 Å². The summed E-state index contributed by atoms with van der Waals surface area (Å²) in [6.45, 7) is 0.911. The van der Waals surface area contributed by atoms with Crippen LogP contribution in [0.4, 0.5) is 5.95 Å². The second-order valence-electron chi connectivity index (χ2n) is 3.69. The Kier molecular flexibility index (Phi) is 3.44. The first-order valence-electron chi connectivity index (χ1n) is 5.35. The number of hydrazine groups is 1. The number of hydrogen-bond donors (Lipinski definition) is 4. The van der Waals surface area contributed by atoms with Crippen molar-refractivity contribution in [1.29, 1.82) is 0 Å². The van der Waals surface area contributed by atoms with Crippen LogP contribution in [0.2, 0.25) is 0 Å². The smallest absolute Gasteiger partial charge is 0.330 e. The fourth-order valence-corrected chi connectivity index (χ4v) is 1.68. The molecule has 0 amide bonds. The van der Waals surface area contributed by atoms with Crippen molar-refractivity contribution in [2.24, 2.45) is 5.84 Å². The number of aromatic amines is 2. The fraction of sp³-hybridized carbons (Fsp3) is 0.444. The number of rotatable bonds is 5. The number of methoxy groups -OCH3 is 1. The molecule has 0 unspecified atom stereocenters. The highest BCUT2D eigenvalue weighted by Gasteiger charge is 2.12. The van der Waals surface area contributed by atoms with E-state index >= 15 is 0 Å². The Hall–Kier alpha value is -2.13. The van der Waals surface area contributed by atoms with Gasteiger partial charge < -0.3 is 9.72 Å². The Morgan fingerprint density at radius 1 is 1.44 bits per heavy atom. The topological polar surface area (TPSA) is 131 Å². The summed E-state index contributed by atoms with van der Waals surface area (Å²) in [4.78, 5) is 32.2. The van der Waals surface area contributed by atoms with Crippen LogP contribution in [0, 0.1) is 0 Å². The van der Waals surface area contributed by atoms with Gasteiger partial charge in [0.05, 0.1) is 0 Å². The van der Waals surface area contributed by atoms with Crippen molar-refractivity contribution in [2.75, 3.05) is 19.1 Å². The van der Waals surface area contributed by atoms with E-state index in [4.69, 9.17) is 10.6 Å². The minimum atomic E-state index is -0.521. The van der Waals surface area contributed by atoms with E-state index in [0.717, 1.165) is 0 Å². The summed E-state index contributed by atoms with van der Waals surface area (Å²) in [7, 11) is 1.58. The highest BCUT2D eigenvalue weighted by molar-refractivity contribution is 5.72. The number of anilines is 1. The molecule has 98 valence electrons. The molecular formula is C9H14N6O3. The molecule has 2 heterocycles.